The van der Waals surface area contributed by atoms with Gasteiger partial charge in [0.15, 0.2) is 16.7 Å². The SMILES string of the molecule is CSC1=N/C(=C\c2ccc3c(c2)OCO3)C(=O)N1C. The van der Waals surface area contributed by atoms with Gasteiger partial charge < -0.3 is 9.47 Å². The summed E-state index contributed by atoms with van der Waals surface area (Å²) in [5, 5.41) is 0.706. The van der Waals surface area contributed by atoms with Crippen LogP contribution in [0, 0.1) is 0 Å². The number of ether oxygens (including phenoxy) is 2. The fraction of sp³-hybridized carbons (Fsp3) is 0.231. The second kappa shape index (κ2) is 4.62. The average Bonchev–Trinajstić information content (AvgIpc) is 2.98. The molecule has 0 bridgehead atoms. The maximum Gasteiger partial charge on any atom is 0.278 e. The molecule has 98 valence electrons. The molecule has 1 aromatic carbocycles. The van der Waals surface area contributed by atoms with Crippen molar-refractivity contribution >= 4 is 28.9 Å². The first-order valence-corrected chi connectivity index (χ1v) is 6.93. The minimum Gasteiger partial charge on any atom is -0.454 e. The molecule has 3 rings (SSSR count). The zero-order valence-corrected chi connectivity index (χ0v) is 11.4. The fourth-order valence-electron chi connectivity index (χ4n) is 1.92. The van der Waals surface area contributed by atoms with E-state index in [0.29, 0.717) is 16.6 Å². The van der Waals surface area contributed by atoms with Gasteiger partial charge in [-0.15, -0.1) is 0 Å². The smallest absolute Gasteiger partial charge is 0.278 e. The highest BCUT2D eigenvalue weighted by Crippen LogP contribution is 2.33. The predicted molar refractivity (Wildman–Crippen MR) is 74.3 cm³/mol. The number of rotatable bonds is 1. The summed E-state index contributed by atoms with van der Waals surface area (Å²) in [5.41, 5.74) is 1.30. The van der Waals surface area contributed by atoms with E-state index >= 15 is 0 Å². The van der Waals surface area contributed by atoms with Gasteiger partial charge in [0, 0.05) is 7.05 Å². The monoisotopic (exact) mass is 276 g/mol. The molecule has 0 saturated heterocycles. The number of carbonyl (C=O) groups is 1. The van der Waals surface area contributed by atoms with E-state index in [-0.39, 0.29) is 12.7 Å². The van der Waals surface area contributed by atoms with Gasteiger partial charge in [0.1, 0.15) is 5.70 Å². The number of thioether (sulfide) groups is 1. The number of fused-ring (bicyclic) bond motifs is 1. The van der Waals surface area contributed by atoms with Crippen LogP contribution in [0.3, 0.4) is 0 Å². The van der Waals surface area contributed by atoms with E-state index in [1.807, 2.05) is 24.5 Å². The third kappa shape index (κ3) is 2.08. The summed E-state index contributed by atoms with van der Waals surface area (Å²) in [6, 6.07) is 5.55. The molecule has 0 saturated carbocycles. The molecule has 0 atom stereocenters. The van der Waals surface area contributed by atoms with Gasteiger partial charge in [0.05, 0.1) is 0 Å². The number of amidine groups is 1. The van der Waals surface area contributed by atoms with Crippen LogP contribution in [0.1, 0.15) is 5.56 Å². The lowest BCUT2D eigenvalue weighted by Gasteiger charge is -2.07. The van der Waals surface area contributed by atoms with Crippen LogP contribution in [-0.4, -0.2) is 36.1 Å². The molecule has 1 aromatic rings. The summed E-state index contributed by atoms with van der Waals surface area (Å²) in [4.78, 5) is 17.8. The van der Waals surface area contributed by atoms with Crippen LogP contribution in [0.25, 0.3) is 6.08 Å². The molecule has 19 heavy (non-hydrogen) atoms. The minimum absolute atomic E-state index is 0.0954. The Morgan fingerprint density at radius 1 is 1.37 bits per heavy atom. The lowest BCUT2D eigenvalue weighted by Crippen LogP contribution is -2.25. The molecular formula is C13H12N2O3S. The molecule has 6 heteroatoms. The van der Waals surface area contributed by atoms with Gasteiger partial charge in [-0.05, 0) is 30.0 Å². The van der Waals surface area contributed by atoms with Gasteiger partial charge in [-0.2, -0.15) is 0 Å². The van der Waals surface area contributed by atoms with Crippen LogP contribution in [-0.2, 0) is 4.79 Å². The third-order valence-electron chi connectivity index (χ3n) is 2.91. The van der Waals surface area contributed by atoms with E-state index in [2.05, 4.69) is 4.99 Å². The van der Waals surface area contributed by atoms with Crippen molar-refractivity contribution in [2.75, 3.05) is 20.1 Å². The Morgan fingerprint density at radius 2 is 2.16 bits per heavy atom. The second-order valence-corrected chi connectivity index (χ2v) is 4.88. The molecule has 0 N–H and O–H groups in total. The molecule has 0 spiro atoms. The van der Waals surface area contributed by atoms with Gasteiger partial charge >= 0.3 is 0 Å². The van der Waals surface area contributed by atoms with Gasteiger partial charge in [-0.3, -0.25) is 9.69 Å². The number of hydrogen-bond acceptors (Lipinski definition) is 5. The first kappa shape index (κ1) is 12.1. The summed E-state index contributed by atoms with van der Waals surface area (Å²) in [6.45, 7) is 0.242. The number of amides is 1. The molecule has 0 fully saturated rings. The van der Waals surface area contributed by atoms with Crippen molar-refractivity contribution in [2.24, 2.45) is 4.99 Å². The molecule has 0 radical (unpaired) electrons. The molecule has 0 unspecified atom stereocenters. The van der Waals surface area contributed by atoms with Crippen LogP contribution in [0.2, 0.25) is 0 Å². The lowest BCUT2D eigenvalue weighted by molar-refractivity contribution is -0.121. The number of nitrogens with zero attached hydrogens (tertiary/aromatic N) is 2. The molecule has 2 heterocycles. The molecule has 2 aliphatic heterocycles. The molecular weight excluding hydrogens is 264 g/mol. The maximum atomic E-state index is 12.0. The van der Waals surface area contributed by atoms with Crippen LogP contribution >= 0.6 is 11.8 Å². The molecule has 1 amide bonds. The van der Waals surface area contributed by atoms with Gasteiger partial charge in [-0.1, -0.05) is 17.8 Å². The summed E-state index contributed by atoms with van der Waals surface area (Å²) in [6.07, 6.45) is 3.65. The average molecular weight is 276 g/mol. The topological polar surface area (TPSA) is 51.1 Å². The van der Waals surface area contributed by atoms with Crippen molar-refractivity contribution in [2.45, 2.75) is 0 Å². The maximum absolute atomic E-state index is 12.0. The number of benzene rings is 1. The van der Waals surface area contributed by atoms with Crippen molar-refractivity contribution < 1.29 is 14.3 Å². The van der Waals surface area contributed by atoms with Gasteiger partial charge in [0.2, 0.25) is 6.79 Å². The Kier molecular flexibility index (Phi) is 2.94. The number of carbonyl (C=O) groups excluding carboxylic acids is 1. The quantitative estimate of drug-likeness (QED) is 0.736. The third-order valence-corrected chi connectivity index (χ3v) is 3.64. The van der Waals surface area contributed by atoms with E-state index in [9.17, 15) is 4.79 Å². The van der Waals surface area contributed by atoms with Crippen molar-refractivity contribution in [1.29, 1.82) is 0 Å². The van der Waals surface area contributed by atoms with Crippen LogP contribution < -0.4 is 9.47 Å². The summed E-state index contributed by atoms with van der Waals surface area (Å²) < 4.78 is 10.6. The van der Waals surface area contributed by atoms with E-state index in [1.54, 1.807) is 18.0 Å². The van der Waals surface area contributed by atoms with Crippen LogP contribution in [0.15, 0.2) is 28.9 Å². The summed E-state index contributed by atoms with van der Waals surface area (Å²) in [5.74, 6) is 1.33. The number of hydrogen-bond donors (Lipinski definition) is 0. The molecule has 0 aromatic heterocycles. The summed E-state index contributed by atoms with van der Waals surface area (Å²) >= 11 is 1.45. The number of likely N-dealkylation sites (N-methyl/N-ethyl adjacent to an activating group) is 1. The number of aliphatic imine (C=N–C) groups is 1. The van der Waals surface area contributed by atoms with Crippen LogP contribution in [0.4, 0.5) is 0 Å². The van der Waals surface area contributed by atoms with E-state index in [4.69, 9.17) is 9.47 Å². The highest BCUT2D eigenvalue weighted by atomic mass is 32.2. The Balaban J connectivity index is 1.94. The molecule has 0 aliphatic carbocycles. The molecule has 2 aliphatic rings. The standard InChI is InChI=1S/C13H12N2O3S/c1-15-12(16)9(14-13(15)19-2)5-8-3-4-10-11(6-8)18-7-17-10/h3-6H,7H2,1-2H3/b9-5-. The fourth-order valence-corrected chi connectivity index (χ4v) is 2.47. The van der Waals surface area contributed by atoms with Crippen molar-refractivity contribution in [3.63, 3.8) is 0 Å². The van der Waals surface area contributed by atoms with Gasteiger partial charge in [0.25, 0.3) is 5.91 Å². The lowest BCUT2D eigenvalue weighted by atomic mass is 10.1. The second-order valence-electron chi connectivity index (χ2n) is 4.10. The van der Waals surface area contributed by atoms with Crippen molar-refractivity contribution in [1.82, 2.24) is 4.90 Å². The Bertz CT molecular complexity index is 610. The zero-order valence-electron chi connectivity index (χ0n) is 10.5. The molecule has 5 nitrogen and oxygen atoms in total. The van der Waals surface area contributed by atoms with Crippen molar-refractivity contribution in [3.8, 4) is 11.5 Å². The van der Waals surface area contributed by atoms with Crippen molar-refractivity contribution in [3.05, 3.63) is 29.5 Å². The van der Waals surface area contributed by atoms with Gasteiger partial charge in [-0.25, -0.2) is 4.99 Å². The van der Waals surface area contributed by atoms with E-state index in [1.165, 1.54) is 11.8 Å². The van der Waals surface area contributed by atoms with E-state index in [0.717, 1.165) is 11.3 Å². The first-order chi connectivity index (χ1) is 9.19. The predicted octanol–water partition coefficient (Wildman–Crippen LogP) is 1.95. The zero-order chi connectivity index (χ0) is 13.4. The Morgan fingerprint density at radius 3 is 2.89 bits per heavy atom. The normalized spacial score (nSPS) is 19.3. The first-order valence-electron chi connectivity index (χ1n) is 5.71. The van der Waals surface area contributed by atoms with E-state index < -0.39 is 0 Å². The minimum atomic E-state index is -0.0954. The Labute approximate surface area is 114 Å². The Hall–Kier alpha value is -1.95. The largest absolute Gasteiger partial charge is 0.454 e. The highest BCUT2D eigenvalue weighted by molar-refractivity contribution is 8.13. The summed E-state index contributed by atoms with van der Waals surface area (Å²) in [7, 11) is 1.72. The van der Waals surface area contributed by atoms with Crippen LogP contribution in [0.5, 0.6) is 11.5 Å². The highest BCUT2D eigenvalue weighted by Gasteiger charge is 2.26.